The number of hydrogen-bond donors (Lipinski definition) is 2. The molecule has 0 bridgehead atoms. The van der Waals surface area contributed by atoms with Crippen LogP contribution in [-0.2, 0) is 20.0 Å². The van der Waals surface area contributed by atoms with Gasteiger partial charge in [-0.3, -0.25) is 9.71 Å². The Morgan fingerprint density at radius 2 is 1.42 bits per heavy atom. The second kappa shape index (κ2) is 7.29. The average Bonchev–Trinajstić information content (AvgIpc) is 2.55. The number of nitrogens with zero attached hydrogens (tertiary/aromatic N) is 1. The lowest BCUT2D eigenvalue weighted by Crippen LogP contribution is -2.32. The third kappa shape index (κ3) is 4.53. The lowest BCUT2D eigenvalue weighted by Gasteiger charge is -2.13. The summed E-state index contributed by atoms with van der Waals surface area (Å²) in [6.45, 7) is 3.63. The highest BCUT2D eigenvalue weighted by atomic mass is 32.2. The molecule has 0 radical (unpaired) electrons. The first-order valence-electron chi connectivity index (χ1n) is 7.30. The number of aromatic nitrogens is 1. The Hall–Kier alpha value is -1.97. The smallest absolute Gasteiger partial charge is 0.261 e. The molecule has 0 spiro atoms. The van der Waals surface area contributed by atoms with Crippen LogP contribution in [-0.4, -0.2) is 27.9 Å². The van der Waals surface area contributed by atoms with Gasteiger partial charge in [-0.1, -0.05) is 6.92 Å². The zero-order valence-electron chi connectivity index (χ0n) is 13.3. The SMILES string of the molecule is CC[C@@H](C)NS(=O)(=O)c1ccc(S(=O)(=O)Nc2ccncc2)cc1. The van der Waals surface area contributed by atoms with Crippen molar-refractivity contribution in [1.29, 1.82) is 0 Å². The van der Waals surface area contributed by atoms with E-state index in [0.717, 1.165) is 0 Å². The molecule has 130 valence electrons. The Bertz CT molecular complexity index is 880. The van der Waals surface area contributed by atoms with Crippen LogP contribution in [0.5, 0.6) is 0 Å². The first-order chi connectivity index (χ1) is 11.2. The molecule has 0 amide bonds. The lowest BCUT2D eigenvalue weighted by atomic mass is 10.3. The standard InChI is InChI=1S/C15H19N3O4S2/c1-3-12(2)17-23(19,20)14-4-6-15(7-5-14)24(21,22)18-13-8-10-16-11-9-13/h4-12,17H,3H2,1-2H3,(H,16,18)/t12-/m1/s1. The number of nitrogens with one attached hydrogen (secondary N) is 2. The van der Waals surface area contributed by atoms with Gasteiger partial charge in [-0.25, -0.2) is 21.6 Å². The van der Waals surface area contributed by atoms with Crippen molar-refractivity contribution in [3.63, 3.8) is 0 Å². The normalized spacial score (nSPS) is 13.4. The van der Waals surface area contributed by atoms with Crippen LogP contribution in [0.2, 0.25) is 0 Å². The molecule has 0 aliphatic heterocycles. The van der Waals surface area contributed by atoms with Gasteiger partial charge in [0.2, 0.25) is 10.0 Å². The Balaban J connectivity index is 2.22. The van der Waals surface area contributed by atoms with E-state index >= 15 is 0 Å². The van der Waals surface area contributed by atoms with E-state index in [1.165, 1.54) is 48.8 Å². The van der Waals surface area contributed by atoms with Crippen molar-refractivity contribution in [3.05, 3.63) is 48.8 Å². The van der Waals surface area contributed by atoms with Gasteiger partial charge in [0.25, 0.3) is 10.0 Å². The van der Waals surface area contributed by atoms with Crippen LogP contribution in [0.15, 0.2) is 58.6 Å². The largest absolute Gasteiger partial charge is 0.280 e. The molecule has 0 unspecified atom stereocenters. The fourth-order valence-corrected chi connectivity index (χ4v) is 4.23. The van der Waals surface area contributed by atoms with Crippen molar-refractivity contribution in [2.75, 3.05) is 4.72 Å². The summed E-state index contributed by atoms with van der Waals surface area (Å²) in [6.07, 6.45) is 3.59. The van der Waals surface area contributed by atoms with E-state index in [-0.39, 0.29) is 15.8 Å². The molecule has 0 aliphatic rings. The zero-order valence-corrected chi connectivity index (χ0v) is 14.9. The second-order valence-corrected chi connectivity index (χ2v) is 8.64. The molecule has 7 nitrogen and oxygen atoms in total. The van der Waals surface area contributed by atoms with Gasteiger partial charge in [0, 0.05) is 18.4 Å². The van der Waals surface area contributed by atoms with Gasteiger partial charge >= 0.3 is 0 Å². The molecule has 1 atom stereocenters. The molecule has 1 aromatic heterocycles. The quantitative estimate of drug-likeness (QED) is 0.776. The summed E-state index contributed by atoms with van der Waals surface area (Å²) in [7, 11) is -7.46. The molecular weight excluding hydrogens is 350 g/mol. The summed E-state index contributed by atoms with van der Waals surface area (Å²) < 4.78 is 53.8. The number of benzene rings is 1. The predicted molar refractivity (Wildman–Crippen MR) is 91.6 cm³/mol. The molecule has 24 heavy (non-hydrogen) atoms. The van der Waals surface area contributed by atoms with E-state index < -0.39 is 20.0 Å². The number of anilines is 1. The van der Waals surface area contributed by atoms with Gasteiger partial charge in [-0.05, 0) is 49.7 Å². The first kappa shape index (κ1) is 18.4. The molecule has 9 heteroatoms. The van der Waals surface area contributed by atoms with Crippen LogP contribution in [0, 0.1) is 0 Å². The second-order valence-electron chi connectivity index (χ2n) is 5.24. The number of pyridine rings is 1. The van der Waals surface area contributed by atoms with Gasteiger partial charge in [-0.2, -0.15) is 0 Å². The third-order valence-corrected chi connectivity index (χ3v) is 6.35. The van der Waals surface area contributed by atoms with Crippen molar-refractivity contribution >= 4 is 25.7 Å². The summed E-state index contributed by atoms with van der Waals surface area (Å²) in [5, 5.41) is 0. The summed E-state index contributed by atoms with van der Waals surface area (Å²) in [5.74, 6) is 0. The Labute approximate surface area is 142 Å². The molecule has 2 rings (SSSR count). The molecule has 2 aromatic rings. The minimum absolute atomic E-state index is 0.0191. The van der Waals surface area contributed by atoms with Crippen LogP contribution in [0.25, 0.3) is 0 Å². The lowest BCUT2D eigenvalue weighted by molar-refractivity contribution is 0.555. The maximum absolute atomic E-state index is 12.3. The van der Waals surface area contributed by atoms with E-state index in [4.69, 9.17) is 0 Å². The van der Waals surface area contributed by atoms with E-state index in [2.05, 4.69) is 14.4 Å². The van der Waals surface area contributed by atoms with Crippen LogP contribution >= 0.6 is 0 Å². The molecule has 2 N–H and O–H groups in total. The maximum atomic E-state index is 12.3. The maximum Gasteiger partial charge on any atom is 0.261 e. The van der Waals surface area contributed by atoms with E-state index in [1.54, 1.807) is 6.92 Å². The minimum Gasteiger partial charge on any atom is -0.280 e. The van der Waals surface area contributed by atoms with Crippen LogP contribution in [0.4, 0.5) is 5.69 Å². The highest BCUT2D eigenvalue weighted by molar-refractivity contribution is 7.92. The number of rotatable bonds is 7. The molecular formula is C15H19N3O4S2. The Morgan fingerprint density at radius 3 is 1.92 bits per heavy atom. The fourth-order valence-electron chi connectivity index (χ4n) is 1.85. The molecule has 0 saturated heterocycles. The zero-order chi connectivity index (χ0) is 17.8. The van der Waals surface area contributed by atoms with E-state index in [0.29, 0.717) is 12.1 Å². The van der Waals surface area contributed by atoms with Crippen molar-refractivity contribution in [1.82, 2.24) is 9.71 Å². The highest BCUT2D eigenvalue weighted by Crippen LogP contribution is 2.18. The Morgan fingerprint density at radius 1 is 0.917 bits per heavy atom. The van der Waals surface area contributed by atoms with Crippen molar-refractivity contribution in [2.24, 2.45) is 0 Å². The van der Waals surface area contributed by atoms with Crippen LogP contribution in [0.3, 0.4) is 0 Å². The van der Waals surface area contributed by atoms with E-state index in [9.17, 15) is 16.8 Å². The van der Waals surface area contributed by atoms with Crippen LogP contribution in [0.1, 0.15) is 20.3 Å². The third-order valence-electron chi connectivity index (χ3n) is 3.35. The molecule has 0 saturated carbocycles. The molecule has 0 fully saturated rings. The van der Waals surface area contributed by atoms with Gasteiger partial charge in [-0.15, -0.1) is 0 Å². The van der Waals surface area contributed by atoms with Gasteiger partial charge < -0.3 is 0 Å². The minimum atomic E-state index is -3.80. The topological polar surface area (TPSA) is 105 Å². The van der Waals surface area contributed by atoms with Crippen molar-refractivity contribution < 1.29 is 16.8 Å². The van der Waals surface area contributed by atoms with Gasteiger partial charge in [0.15, 0.2) is 0 Å². The fraction of sp³-hybridized carbons (Fsp3) is 0.267. The molecule has 0 aliphatic carbocycles. The van der Waals surface area contributed by atoms with Crippen molar-refractivity contribution in [3.8, 4) is 0 Å². The van der Waals surface area contributed by atoms with E-state index in [1.807, 2.05) is 6.92 Å². The molecule has 1 heterocycles. The summed E-state index contributed by atoms with van der Waals surface area (Å²) in [4.78, 5) is 3.80. The van der Waals surface area contributed by atoms with Crippen LogP contribution < -0.4 is 9.44 Å². The van der Waals surface area contributed by atoms with Gasteiger partial charge in [0.1, 0.15) is 0 Å². The Kier molecular flexibility index (Phi) is 5.58. The average molecular weight is 369 g/mol. The number of hydrogen-bond acceptors (Lipinski definition) is 5. The predicted octanol–water partition coefficient (Wildman–Crippen LogP) is 1.96. The first-order valence-corrected chi connectivity index (χ1v) is 10.3. The monoisotopic (exact) mass is 369 g/mol. The highest BCUT2D eigenvalue weighted by Gasteiger charge is 2.19. The van der Waals surface area contributed by atoms with Crippen molar-refractivity contribution in [2.45, 2.75) is 36.1 Å². The summed E-state index contributed by atoms with van der Waals surface area (Å²) in [5.41, 5.74) is 0.375. The summed E-state index contributed by atoms with van der Waals surface area (Å²) >= 11 is 0. The number of sulfonamides is 2. The van der Waals surface area contributed by atoms with Gasteiger partial charge in [0.05, 0.1) is 15.5 Å². The molecule has 1 aromatic carbocycles. The summed E-state index contributed by atoms with van der Waals surface area (Å²) in [6, 6.07) is 7.90.